The van der Waals surface area contributed by atoms with Gasteiger partial charge in [0.1, 0.15) is 17.5 Å². The topological polar surface area (TPSA) is 32.7 Å². The molecule has 1 heterocycles. The third-order valence-corrected chi connectivity index (χ3v) is 4.26. The van der Waals surface area contributed by atoms with Crippen molar-refractivity contribution in [2.45, 2.75) is 45.4 Å². The van der Waals surface area contributed by atoms with Crippen LogP contribution in [0.3, 0.4) is 0 Å². The summed E-state index contributed by atoms with van der Waals surface area (Å²) in [5.41, 5.74) is 2.58. The first-order valence-corrected chi connectivity index (χ1v) is 7.76. The second-order valence-electron chi connectivity index (χ2n) is 6.63. The summed E-state index contributed by atoms with van der Waals surface area (Å²) in [7, 11) is 0. The molecule has 0 bridgehead atoms. The Hall–Kier alpha value is -1.58. The Kier molecular flexibility index (Phi) is 4.78. The lowest BCUT2D eigenvalue weighted by Crippen LogP contribution is -2.58. The molecule has 3 nitrogen and oxygen atoms in total. The molecular formula is C19H27NO2. The van der Waals surface area contributed by atoms with Crippen LogP contribution in [-0.4, -0.2) is 34.7 Å². The molecule has 2 unspecified atom stereocenters. The minimum Gasteiger partial charge on any atom is -0.485 e. The second kappa shape index (κ2) is 6.27. The van der Waals surface area contributed by atoms with E-state index in [4.69, 9.17) is 4.74 Å². The van der Waals surface area contributed by atoms with Crippen LogP contribution in [0.1, 0.15) is 36.6 Å². The number of hydrogen-bond donors (Lipinski definition) is 1. The minimum absolute atomic E-state index is 0.155. The van der Waals surface area contributed by atoms with Crippen molar-refractivity contribution in [3.8, 4) is 5.75 Å². The quantitative estimate of drug-likeness (QED) is 0.844. The zero-order valence-electron chi connectivity index (χ0n) is 14.1. The fourth-order valence-corrected chi connectivity index (χ4v) is 3.49. The molecule has 1 aliphatic rings. The third-order valence-electron chi connectivity index (χ3n) is 4.26. The first-order valence-electron chi connectivity index (χ1n) is 7.76. The van der Waals surface area contributed by atoms with Gasteiger partial charge >= 0.3 is 0 Å². The van der Waals surface area contributed by atoms with Crippen molar-refractivity contribution in [2.75, 3.05) is 13.1 Å². The largest absolute Gasteiger partial charge is 0.485 e. The summed E-state index contributed by atoms with van der Waals surface area (Å²) in [5, 5.41) is 11.0. The van der Waals surface area contributed by atoms with Crippen molar-refractivity contribution in [3.05, 3.63) is 54.1 Å². The fourth-order valence-electron chi connectivity index (χ4n) is 3.49. The van der Waals surface area contributed by atoms with Gasteiger partial charge in [-0.05, 0) is 39.3 Å². The third kappa shape index (κ3) is 2.96. The maximum absolute atomic E-state index is 11.0. The summed E-state index contributed by atoms with van der Waals surface area (Å²) in [6, 6.07) is 3.96. The Morgan fingerprint density at radius 2 is 1.82 bits per heavy atom. The van der Waals surface area contributed by atoms with Gasteiger partial charge in [-0.25, -0.2) is 0 Å². The van der Waals surface area contributed by atoms with E-state index in [9.17, 15) is 5.11 Å². The number of aliphatic hydroxyl groups is 1. The van der Waals surface area contributed by atoms with Crippen molar-refractivity contribution < 1.29 is 9.84 Å². The first-order chi connectivity index (χ1) is 10.3. The van der Waals surface area contributed by atoms with Gasteiger partial charge in [-0.1, -0.05) is 23.8 Å². The standard InChI is InChI=1S/C19H27NO2/c1-7-9-20(10-8-2)18-16(21)15-12-13(3)11-14(4)17(15)22-19(18,5)6/h7-8,11-12,16,18,21H,1-2,9-10H2,3-6H3. The normalized spacial score (nSPS) is 22.8. The smallest absolute Gasteiger partial charge is 0.128 e. The molecular weight excluding hydrogens is 274 g/mol. The molecule has 0 spiro atoms. The molecule has 1 aliphatic heterocycles. The molecule has 1 aromatic carbocycles. The van der Waals surface area contributed by atoms with Gasteiger partial charge in [-0.15, -0.1) is 13.2 Å². The highest BCUT2D eigenvalue weighted by atomic mass is 16.5. The maximum atomic E-state index is 11.0. The van der Waals surface area contributed by atoms with Gasteiger partial charge in [0, 0.05) is 18.7 Å². The van der Waals surface area contributed by atoms with Crippen LogP contribution in [0.15, 0.2) is 37.4 Å². The van der Waals surface area contributed by atoms with E-state index in [0.717, 1.165) is 22.4 Å². The molecule has 0 aliphatic carbocycles. The molecule has 0 amide bonds. The van der Waals surface area contributed by atoms with Gasteiger partial charge < -0.3 is 9.84 Å². The first kappa shape index (κ1) is 16.8. The van der Waals surface area contributed by atoms with Crippen LogP contribution in [0.4, 0.5) is 0 Å². The molecule has 120 valence electrons. The van der Waals surface area contributed by atoms with Crippen LogP contribution in [0.5, 0.6) is 5.75 Å². The molecule has 0 aromatic heterocycles. The molecule has 22 heavy (non-hydrogen) atoms. The zero-order valence-corrected chi connectivity index (χ0v) is 14.1. The molecule has 0 radical (unpaired) electrons. The number of benzene rings is 1. The predicted octanol–water partition coefficient (Wildman–Crippen LogP) is 3.55. The van der Waals surface area contributed by atoms with Crippen LogP contribution in [0, 0.1) is 13.8 Å². The highest BCUT2D eigenvalue weighted by Crippen LogP contribution is 2.44. The Morgan fingerprint density at radius 3 is 2.36 bits per heavy atom. The SMILES string of the molecule is C=CCN(CC=C)C1C(O)c2cc(C)cc(C)c2OC1(C)C. The average molecular weight is 301 g/mol. The van der Waals surface area contributed by atoms with E-state index < -0.39 is 11.7 Å². The van der Waals surface area contributed by atoms with E-state index in [0.29, 0.717) is 13.1 Å². The summed E-state index contributed by atoms with van der Waals surface area (Å²) in [5.74, 6) is 0.816. The summed E-state index contributed by atoms with van der Waals surface area (Å²) in [6.07, 6.45) is 3.10. The second-order valence-corrected chi connectivity index (χ2v) is 6.63. The van der Waals surface area contributed by atoms with Crippen LogP contribution in [0.2, 0.25) is 0 Å². The van der Waals surface area contributed by atoms with Crippen molar-refractivity contribution in [1.29, 1.82) is 0 Å². The summed E-state index contributed by atoms with van der Waals surface area (Å²) in [4.78, 5) is 2.16. The van der Waals surface area contributed by atoms with Crippen molar-refractivity contribution in [3.63, 3.8) is 0 Å². The van der Waals surface area contributed by atoms with Crippen molar-refractivity contribution >= 4 is 0 Å². The lowest BCUT2D eigenvalue weighted by atomic mass is 9.83. The van der Waals surface area contributed by atoms with Crippen molar-refractivity contribution in [2.24, 2.45) is 0 Å². The van der Waals surface area contributed by atoms with Gasteiger partial charge in [0.15, 0.2) is 0 Å². The number of aliphatic hydroxyl groups excluding tert-OH is 1. The predicted molar refractivity (Wildman–Crippen MR) is 91.3 cm³/mol. The molecule has 3 heteroatoms. The summed E-state index contributed by atoms with van der Waals surface area (Å²) in [6.45, 7) is 17.1. The van der Waals surface area contributed by atoms with Crippen LogP contribution in [0.25, 0.3) is 0 Å². The molecule has 0 saturated heterocycles. The number of ether oxygens (including phenoxy) is 1. The maximum Gasteiger partial charge on any atom is 0.128 e. The van der Waals surface area contributed by atoms with Crippen LogP contribution >= 0.6 is 0 Å². The van der Waals surface area contributed by atoms with E-state index in [2.05, 4.69) is 24.1 Å². The van der Waals surface area contributed by atoms with E-state index in [1.54, 1.807) is 0 Å². The number of aryl methyl sites for hydroxylation is 2. The van der Waals surface area contributed by atoms with Crippen molar-refractivity contribution in [1.82, 2.24) is 4.90 Å². The molecule has 2 rings (SSSR count). The number of nitrogens with zero attached hydrogens (tertiary/aromatic N) is 1. The lowest BCUT2D eigenvalue weighted by Gasteiger charge is -2.48. The molecule has 0 saturated carbocycles. The highest BCUT2D eigenvalue weighted by Gasteiger charge is 2.46. The van der Waals surface area contributed by atoms with Crippen LogP contribution in [-0.2, 0) is 0 Å². The van der Waals surface area contributed by atoms with Gasteiger partial charge in [-0.2, -0.15) is 0 Å². The van der Waals surface area contributed by atoms with E-state index in [1.807, 2.05) is 45.9 Å². The number of fused-ring (bicyclic) bond motifs is 1. The average Bonchev–Trinajstić information content (AvgIpc) is 2.40. The Morgan fingerprint density at radius 1 is 1.23 bits per heavy atom. The summed E-state index contributed by atoms with van der Waals surface area (Å²) >= 11 is 0. The van der Waals surface area contributed by atoms with Gasteiger partial charge in [0.25, 0.3) is 0 Å². The lowest BCUT2D eigenvalue weighted by molar-refractivity contribution is -0.0765. The van der Waals surface area contributed by atoms with E-state index in [1.165, 1.54) is 0 Å². The van der Waals surface area contributed by atoms with Gasteiger partial charge in [0.2, 0.25) is 0 Å². The molecule has 0 fully saturated rings. The van der Waals surface area contributed by atoms with E-state index >= 15 is 0 Å². The number of rotatable bonds is 5. The molecule has 2 atom stereocenters. The Balaban J connectivity index is 2.51. The zero-order chi connectivity index (χ0) is 16.5. The highest BCUT2D eigenvalue weighted by molar-refractivity contribution is 5.48. The molecule has 1 N–H and O–H groups in total. The summed E-state index contributed by atoms with van der Waals surface area (Å²) < 4.78 is 6.29. The number of hydrogen-bond acceptors (Lipinski definition) is 3. The van der Waals surface area contributed by atoms with Crippen LogP contribution < -0.4 is 4.74 Å². The van der Waals surface area contributed by atoms with Gasteiger partial charge in [-0.3, -0.25) is 4.90 Å². The Labute approximate surface area is 133 Å². The monoisotopic (exact) mass is 301 g/mol. The minimum atomic E-state index is -0.600. The van der Waals surface area contributed by atoms with Gasteiger partial charge in [0.05, 0.1) is 6.04 Å². The Bertz CT molecular complexity index is 567. The fraction of sp³-hybridized carbons (Fsp3) is 0.474. The van der Waals surface area contributed by atoms with E-state index in [-0.39, 0.29) is 6.04 Å². The molecule has 1 aromatic rings.